The number of aromatic amines is 1. The molecule has 0 saturated heterocycles. The molecule has 3 unspecified atom stereocenters. The number of hydrogen-bond donors (Lipinski definition) is 1. The minimum Gasteiger partial charge on any atom is -0.360 e. The second kappa shape index (κ2) is 4.21. The van der Waals surface area contributed by atoms with Gasteiger partial charge in [-0.1, -0.05) is 12.5 Å². The molecule has 0 aliphatic heterocycles. The molecule has 2 bridgehead atoms. The zero-order chi connectivity index (χ0) is 13.7. The van der Waals surface area contributed by atoms with Crippen molar-refractivity contribution in [1.29, 1.82) is 5.26 Å². The van der Waals surface area contributed by atoms with E-state index in [1.165, 1.54) is 19.3 Å². The molecule has 2 fully saturated rings. The Morgan fingerprint density at radius 1 is 1.30 bits per heavy atom. The van der Waals surface area contributed by atoms with Gasteiger partial charge in [-0.15, -0.1) is 0 Å². The molecule has 3 nitrogen and oxygen atoms in total. The lowest BCUT2D eigenvalue weighted by Crippen LogP contribution is -2.20. The first-order valence-corrected chi connectivity index (χ1v) is 7.31. The SMILES string of the molecule is N#Cc1ccc2c(C(=O)C3CC4CCC3C4)c[nH]c2c1. The van der Waals surface area contributed by atoms with Crippen LogP contribution in [0.1, 0.15) is 41.6 Å². The maximum atomic E-state index is 12.8. The molecule has 2 aliphatic carbocycles. The molecule has 100 valence electrons. The lowest BCUT2D eigenvalue weighted by atomic mass is 9.83. The summed E-state index contributed by atoms with van der Waals surface area (Å²) in [6.07, 6.45) is 6.68. The number of nitrogens with zero attached hydrogens (tertiary/aromatic N) is 1. The number of carbonyl (C=O) groups excluding carboxylic acids is 1. The van der Waals surface area contributed by atoms with Gasteiger partial charge in [-0.05, 0) is 43.2 Å². The number of Topliss-reactive ketones (excluding diaryl/α,β-unsaturated/α-hetero) is 1. The van der Waals surface area contributed by atoms with Crippen molar-refractivity contribution in [3.8, 4) is 6.07 Å². The molecule has 3 atom stereocenters. The van der Waals surface area contributed by atoms with Gasteiger partial charge < -0.3 is 4.98 Å². The van der Waals surface area contributed by atoms with Crippen molar-refractivity contribution in [1.82, 2.24) is 4.98 Å². The minimum absolute atomic E-state index is 0.225. The summed E-state index contributed by atoms with van der Waals surface area (Å²) in [5.74, 6) is 1.91. The van der Waals surface area contributed by atoms with E-state index >= 15 is 0 Å². The van der Waals surface area contributed by atoms with Crippen molar-refractivity contribution >= 4 is 16.7 Å². The average molecular weight is 264 g/mol. The number of aromatic nitrogens is 1. The molecule has 3 heteroatoms. The van der Waals surface area contributed by atoms with Gasteiger partial charge >= 0.3 is 0 Å². The van der Waals surface area contributed by atoms with Crippen LogP contribution in [-0.4, -0.2) is 10.8 Å². The summed E-state index contributed by atoms with van der Waals surface area (Å²) in [4.78, 5) is 15.9. The third-order valence-electron chi connectivity index (χ3n) is 5.15. The van der Waals surface area contributed by atoms with Crippen LogP contribution >= 0.6 is 0 Å². The third kappa shape index (κ3) is 1.61. The van der Waals surface area contributed by atoms with Gasteiger partial charge in [0.1, 0.15) is 0 Å². The van der Waals surface area contributed by atoms with Gasteiger partial charge in [0.05, 0.1) is 11.6 Å². The molecule has 0 spiro atoms. The monoisotopic (exact) mass is 264 g/mol. The van der Waals surface area contributed by atoms with Crippen molar-refractivity contribution in [3.63, 3.8) is 0 Å². The molecular formula is C17H16N2O. The van der Waals surface area contributed by atoms with E-state index in [4.69, 9.17) is 5.26 Å². The second-order valence-corrected chi connectivity index (χ2v) is 6.22. The number of benzene rings is 1. The predicted octanol–water partition coefficient (Wildman–Crippen LogP) is 3.66. The topological polar surface area (TPSA) is 56.6 Å². The average Bonchev–Trinajstić information content (AvgIpc) is 3.20. The number of nitrogens with one attached hydrogen (secondary N) is 1. The second-order valence-electron chi connectivity index (χ2n) is 6.22. The highest BCUT2D eigenvalue weighted by Gasteiger charge is 2.43. The molecule has 20 heavy (non-hydrogen) atoms. The quantitative estimate of drug-likeness (QED) is 0.841. The molecule has 2 aromatic rings. The fraction of sp³-hybridized carbons (Fsp3) is 0.412. The first-order chi connectivity index (χ1) is 9.76. The molecule has 1 aromatic carbocycles. The van der Waals surface area contributed by atoms with Crippen LogP contribution in [0.4, 0.5) is 0 Å². The predicted molar refractivity (Wildman–Crippen MR) is 76.3 cm³/mol. The van der Waals surface area contributed by atoms with Crippen molar-refractivity contribution in [2.24, 2.45) is 17.8 Å². The first kappa shape index (κ1) is 11.7. The van der Waals surface area contributed by atoms with Gasteiger partial charge in [-0.3, -0.25) is 4.79 Å². The summed E-state index contributed by atoms with van der Waals surface area (Å²) in [5.41, 5.74) is 2.32. The van der Waals surface area contributed by atoms with Gasteiger partial charge in [0.2, 0.25) is 0 Å². The number of carbonyl (C=O) groups is 1. The minimum atomic E-state index is 0.225. The maximum absolute atomic E-state index is 12.8. The van der Waals surface area contributed by atoms with Crippen LogP contribution in [0.15, 0.2) is 24.4 Å². The molecule has 0 radical (unpaired) electrons. The van der Waals surface area contributed by atoms with E-state index in [9.17, 15) is 4.79 Å². The van der Waals surface area contributed by atoms with E-state index in [2.05, 4.69) is 11.1 Å². The van der Waals surface area contributed by atoms with Crippen molar-refractivity contribution in [3.05, 3.63) is 35.5 Å². The number of nitriles is 1. The Morgan fingerprint density at radius 3 is 2.90 bits per heavy atom. The van der Waals surface area contributed by atoms with Crippen LogP contribution in [0.2, 0.25) is 0 Å². The lowest BCUT2D eigenvalue weighted by Gasteiger charge is -2.19. The summed E-state index contributed by atoms with van der Waals surface area (Å²) in [6.45, 7) is 0. The van der Waals surface area contributed by atoms with E-state index in [1.807, 2.05) is 18.3 Å². The molecule has 1 heterocycles. The Kier molecular flexibility index (Phi) is 2.47. The summed E-state index contributed by atoms with van der Waals surface area (Å²) in [6, 6.07) is 7.62. The fourth-order valence-electron chi connectivity index (χ4n) is 4.17. The first-order valence-electron chi connectivity index (χ1n) is 7.31. The Bertz CT molecular complexity index is 737. The Labute approximate surface area is 117 Å². The van der Waals surface area contributed by atoms with Crippen molar-refractivity contribution in [2.75, 3.05) is 0 Å². The van der Waals surface area contributed by atoms with E-state index in [-0.39, 0.29) is 5.92 Å². The summed E-state index contributed by atoms with van der Waals surface area (Å²) in [5, 5.41) is 9.88. The van der Waals surface area contributed by atoms with E-state index in [1.54, 1.807) is 6.07 Å². The zero-order valence-corrected chi connectivity index (χ0v) is 11.2. The number of rotatable bonds is 2. The number of H-pyrrole nitrogens is 1. The van der Waals surface area contributed by atoms with Crippen LogP contribution in [0.5, 0.6) is 0 Å². The molecule has 1 aromatic heterocycles. The van der Waals surface area contributed by atoms with Crippen molar-refractivity contribution < 1.29 is 4.79 Å². The van der Waals surface area contributed by atoms with E-state index in [0.717, 1.165) is 28.8 Å². The fourth-order valence-corrected chi connectivity index (χ4v) is 4.17. The van der Waals surface area contributed by atoms with Crippen LogP contribution < -0.4 is 0 Å². The van der Waals surface area contributed by atoms with Gasteiger partial charge in [0, 0.05) is 28.6 Å². The number of fused-ring (bicyclic) bond motifs is 3. The normalized spacial score (nSPS) is 27.9. The van der Waals surface area contributed by atoms with Gasteiger partial charge in [-0.2, -0.15) is 5.26 Å². The standard InChI is InChI=1S/C17H16N2O/c18-8-11-2-4-13-15(9-19-16(13)7-11)17(20)14-6-10-1-3-12(14)5-10/h2,4,7,9-10,12,14,19H,1,3,5-6H2. The maximum Gasteiger partial charge on any atom is 0.168 e. The lowest BCUT2D eigenvalue weighted by molar-refractivity contribution is 0.0876. The van der Waals surface area contributed by atoms with E-state index in [0.29, 0.717) is 17.3 Å². The highest BCUT2D eigenvalue weighted by atomic mass is 16.1. The van der Waals surface area contributed by atoms with Gasteiger partial charge in [-0.25, -0.2) is 0 Å². The van der Waals surface area contributed by atoms with Crippen molar-refractivity contribution in [2.45, 2.75) is 25.7 Å². The van der Waals surface area contributed by atoms with Gasteiger partial charge in [0.25, 0.3) is 0 Å². The highest BCUT2D eigenvalue weighted by molar-refractivity contribution is 6.09. The Morgan fingerprint density at radius 2 is 2.20 bits per heavy atom. The van der Waals surface area contributed by atoms with Crippen LogP contribution in [0.25, 0.3) is 10.9 Å². The highest BCUT2D eigenvalue weighted by Crippen LogP contribution is 2.49. The number of ketones is 1. The van der Waals surface area contributed by atoms with Crippen LogP contribution in [0.3, 0.4) is 0 Å². The summed E-state index contributed by atoms with van der Waals surface area (Å²) in [7, 11) is 0. The molecule has 2 saturated carbocycles. The van der Waals surface area contributed by atoms with Crippen LogP contribution in [0, 0.1) is 29.1 Å². The molecule has 2 aliphatic rings. The molecule has 0 amide bonds. The zero-order valence-electron chi connectivity index (χ0n) is 11.2. The van der Waals surface area contributed by atoms with Crippen LogP contribution in [-0.2, 0) is 0 Å². The Hall–Kier alpha value is -2.08. The smallest absolute Gasteiger partial charge is 0.168 e. The number of hydrogen-bond acceptors (Lipinski definition) is 2. The van der Waals surface area contributed by atoms with Gasteiger partial charge in [0.15, 0.2) is 5.78 Å². The van der Waals surface area contributed by atoms with E-state index < -0.39 is 0 Å². The third-order valence-corrected chi connectivity index (χ3v) is 5.15. The molecule has 4 rings (SSSR count). The largest absolute Gasteiger partial charge is 0.360 e. The summed E-state index contributed by atoms with van der Waals surface area (Å²) >= 11 is 0. The molecule has 1 N–H and O–H groups in total. The molecular weight excluding hydrogens is 248 g/mol. The summed E-state index contributed by atoms with van der Waals surface area (Å²) < 4.78 is 0. The Balaban J connectivity index is 1.72.